The van der Waals surface area contributed by atoms with E-state index in [0.717, 1.165) is 5.69 Å². The van der Waals surface area contributed by atoms with E-state index in [1.54, 1.807) is 18.3 Å². The average molecular weight is 257 g/mol. The quantitative estimate of drug-likeness (QED) is 0.767. The Bertz CT molecular complexity index is 597. The smallest absolute Gasteiger partial charge is 0.194 e. The van der Waals surface area contributed by atoms with Crippen LogP contribution in [0, 0.1) is 5.82 Å². The molecule has 0 N–H and O–H groups in total. The lowest BCUT2D eigenvalue weighted by Crippen LogP contribution is -2.14. The Morgan fingerprint density at radius 1 is 1.11 bits per heavy atom. The maximum atomic E-state index is 13.1. The Balaban J connectivity index is 2.30. The number of hydrogen-bond acceptors (Lipinski definition) is 2. The molecule has 1 aromatic heterocycles. The molecule has 2 aromatic rings. The van der Waals surface area contributed by atoms with Crippen LogP contribution in [0.25, 0.3) is 0 Å². The third kappa shape index (κ3) is 3.05. The van der Waals surface area contributed by atoms with Gasteiger partial charge in [-0.3, -0.25) is 9.78 Å². The van der Waals surface area contributed by atoms with E-state index in [9.17, 15) is 9.18 Å². The van der Waals surface area contributed by atoms with E-state index < -0.39 is 5.82 Å². The largest absolute Gasteiger partial charge is 0.289 e. The van der Waals surface area contributed by atoms with Crippen molar-refractivity contribution in [2.75, 3.05) is 0 Å². The summed E-state index contributed by atoms with van der Waals surface area (Å²) in [5.74, 6) is -0.627. The molecule has 0 aliphatic carbocycles. The van der Waals surface area contributed by atoms with E-state index in [4.69, 9.17) is 0 Å². The van der Waals surface area contributed by atoms with Gasteiger partial charge in [0.05, 0.1) is 0 Å². The second-order valence-corrected chi connectivity index (χ2v) is 5.52. The summed E-state index contributed by atoms with van der Waals surface area (Å²) in [6.45, 7) is 6.18. The first-order chi connectivity index (χ1) is 8.88. The predicted octanol–water partition coefficient (Wildman–Crippen LogP) is 3.75. The van der Waals surface area contributed by atoms with Crippen LogP contribution in [0.3, 0.4) is 0 Å². The van der Waals surface area contributed by atoms with Gasteiger partial charge in [-0.25, -0.2) is 4.39 Å². The monoisotopic (exact) mass is 257 g/mol. The minimum Gasteiger partial charge on any atom is -0.289 e. The third-order valence-corrected chi connectivity index (χ3v) is 2.88. The standard InChI is InChI=1S/C16H16FNO/c1-16(2,3)14-8-7-12(10-18-14)15(19)11-5-4-6-13(17)9-11/h4-10H,1-3H3. The summed E-state index contributed by atoms with van der Waals surface area (Å²) in [7, 11) is 0. The van der Waals surface area contributed by atoms with Crippen LogP contribution in [-0.2, 0) is 5.41 Å². The Labute approximate surface area is 112 Å². The summed E-state index contributed by atoms with van der Waals surface area (Å²) in [6.07, 6.45) is 1.55. The van der Waals surface area contributed by atoms with Gasteiger partial charge in [0.2, 0.25) is 0 Å². The fourth-order valence-corrected chi connectivity index (χ4v) is 1.77. The van der Waals surface area contributed by atoms with Gasteiger partial charge in [-0.2, -0.15) is 0 Å². The van der Waals surface area contributed by atoms with Gasteiger partial charge in [0.1, 0.15) is 5.82 Å². The van der Waals surface area contributed by atoms with Gasteiger partial charge in [-0.1, -0.05) is 32.9 Å². The summed E-state index contributed by atoms with van der Waals surface area (Å²) < 4.78 is 13.1. The summed E-state index contributed by atoms with van der Waals surface area (Å²) >= 11 is 0. The molecule has 19 heavy (non-hydrogen) atoms. The number of benzene rings is 1. The summed E-state index contributed by atoms with van der Waals surface area (Å²) in [4.78, 5) is 16.5. The highest BCUT2D eigenvalue weighted by atomic mass is 19.1. The Hall–Kier alpha value is -2.03. The van der Waals surface area contributed by atoms with Crippen molar-refractivity contribution >= 4 is 5.78 Å². The second-order valence-electron chi connectivity index (χ2n) is 5.52. The lowest BCUT2D eigenvalue weighted by Gasteiger charge is -2.17. The molecule has 0 atom stereocenters. The summed E-state index contributed by atoms with van der Waals surface area (Å²) in [5, 5.41) is 0. The fourth-order valence-electron chi connectivity index (χ4n) is 1.77. The molecular formula is C16H16FNO. The van der Waals surface area contributed by atoms with Crippen molar-refractivity contribution in [2.24, 2.45) is 0 Å². The van der Waals surface area contributed by atoms with Crippen LogP contribution in [0.1, 0.15) is 42.4 Å². The SMILES string of the molecule is CC(C)(C)c1ccc(C(=O)c2cccc(F)c2)cn1. The maximum Gasteiger partial charge on any atom is 0.194 e. The molecule has 0 saturated carbocycles. The van der Waals surface area contributed by atoms with Gasteiger partial charge in [0.25, 0.3) is 0 Å². The molecule has 98 valence electrons. The molecule has 2 rings (SSSR count). The normalized spacial score (nSPS) is 11.4. The number of nitrogens with zero attached hydrogens (tertiary/aromatic N) is 1. The van der Waals surface area contributed by atoms with Crippen LogP contribution in [-0.4, -0.2) is 10.8 Å². The van der Waals surface area contributed by atoms with E-state index in [0.29, 0.717) is 11.1 Å². The molecule has 0 aliphatic rings. The minimum absolute atomic E-state index is 0.0551. The average Bonchev–Trinajstić information content (AvgIpc) is 2.37. The van der Waals surface area contributed by atoms with Crippen molar-refractivity contribution in [3.05, 3.63) is 65.2 Å². The highest BCUT2D eigenvalue weighted by molar-refractivity contribution is 6.08. The molecule has 0 bridgehead atoms. The van der Waals surface area contributed by atoms with Crippen molar-refractivity contribution in [2.45, 2.75) is 26.2 Å². The second kappa shape index (κ2) is 4.92. The molecule has 2 nitrogen and oxygen atoms in total. The van der Waals surface area contributed by atoms with E-state index >= 15 is 0 Å². The number of pyridine rings is 1. The van der Waals surface area contributed by atoms with E-state index in [-0.39, 0.29) is 11.2 Å². The molecular weight excluding hydrogens is 241 g/mol. The molecule has 0 fully saturated rings. The molecule has 1 aromatic carbocycles. The number of aromatic nitrogens is 1. The fraction of sp³-hybridized carbons (Fsp3) is 0.250. The molecule has 0 aliphatic heterocycles. The van der Waals surface area contributed by atoms with Gasteiger partial charge in [-0.05, 0) is 24.3 Å². The molecule has 1 heterocycles. The molecule has 0 spiro atoms. The molecule has 0 saturated heterocycles. The van der Waals surface area contributed by atoms with Gasteiger partial charge < -0.3 is 0 Å². The zero-order chi connectivity index (χ0) is 14.0. The van der Waals surface area contributed by atoms with Crippen LogP contribution in [0.2, 0.25) is 0 Å². The van der Waals surface area contributed by atoms with E-state index in [1.165, 1.54) is 18.2 Å². The number of carbonyl (C=O) groups excluding carboxylic acids is 1. The lowest BCUT2D eigenvalue weighted by molar-refractivity contribution is 0.103. The van der Waals surface area contributed by atoms with Crippen LogP contribution >= 0.6 is 0 Å². The lowest BCUT2D eigenvalue weighted by atomic mass is 9.91. The number of ketones is 1. The Morgan fingerprint density at radius 2 is 1.84 bits per heavy atom. The highest BCUT2D eigenvalue weighted by Crippen LogP contribution is 2.20. The topological polar surface area (TPSA) is 30.0 Å². The first-order valence-electron chi connectivity index (χ1n) is 6.15. The summed E-state index contributed by atoms with van der Waals surface area (Å²) in [5.41, 5.74) is 1.67. The van der Waals surface area contributed by atoms with Crippen LogP contribution < -0.4 is 0 Å². The first-order valence-corrected chi connectivity index (χ1v) is 6.15. The number of hydrogen-bond donors (Lipinski definition) is 0. The van der Waals surface area contributed by atoms with Crippen LogP contribution in [0.5, 0.6) is 0 Å². The zero-order valence-corrected chi connectivity index (χ0v) is 11.3. The van der Waals surface area contributed by atoms with Crippen molar-refractivity contribution in [1.82, 2.24) is 4.98 Å². The Kier molecular flexibility index (Phi) is 3.47. The van der Waals surface area contributed by atoms with Gasteiger partial charge >= 0.3 is 0 Å². The van der Waals surface area contributed by atoms with Crippen molar-refractivity contribution < 1.29 is 9.18 Å². The first kappa shape index (κ1) is 13.4. The Morgan fingerprint density at radius 3 is 2.37 bits per heavy atom. The van der Waals surface area contributed by atoms with Crippen LogP contribution in [0.15, 0.2) is 42.6 Å². The van der Waals surface area contributed by atoms with Gasteiger partial charge in [0, 0.05) is 28.4 Å². The molecule has 0 radical (unpaired) electrons. The molecule has 0 amide bonds. The van der Waals surface area contributed by atoms with E-state index in [1.807, 2.05) is 6.07 Å². The van der Waals surface area contributed by atoms with Crippen molar-refractivity contribution in [1.29, 1.82) is 0 Å². The number of halogens is 1. The minimum atomic E-state index is -0.412. The van der Waals surface area contributed by atoms with Crippen molar-refractivity contribution in [3.8, 4) is 0 Å². The van der Waals surface area contributed by atoms with E-state index in [2.05, 4.69) is 25.8 Å². The maximum absolute atomic E-state index is 13.1. The van der Waals surface area contributed by atoms with Crippen molar-refractivity contribution in [3.63, 3.8) is 0 Å². The van der Waals surface area contributed by atoms with Gasteiger partial charge in [0.15, 0.2) is 5.78 Å². The predicted molar refractivity (Wildman–Crippen MR) is 72.8 cm³/mol. The zero-order valence-electron chi connectivity index (χ0n) is 11.3. The number of rotatable bonds is 2. The highest BCUT2D eigenvalue weighted by Gasteiger charge is 2.16. The van der Waals surface area contributed by atoms with Gasteiger partial charge in [-0.15, -0.1) is 0 Å². The molecule has 3 heteroatoms. The molecule has 0 unspecified atom stereocenters. The summed E-state index contributed by atoms with van der Waals surface area (Å²) in [6, 6.07) is 9.26. The van der Waals surface area contributed by atoms with Crippen LogP contribution in [0.4, 0.5) is 4.39 Å². The third-order valence-electron chi connectivity index (χ3n) is 2.88. The number of carbonyl (C=O) groups is 1.